The summed E-state index contributed by atoms with van der Waals surface area (Å²) in [6.45, 7) is 0.442. The average Bonchev–Trinajstić information content (AvgIpc) is 3.92. The van der Waals surface area contributed by atoms with E-state index in [4.69, 9.17) is 4.74 Å². The predicted molar refractivity (Wildman–Crippen MR) is 280 cm³/mol. The van der Waals surface area contributed by atoms with Gasteiger partial charge in [-0.2, -0.15) is 0 Å². The number of carboxylic acids is 1. The molecule has 0 aliphatic carbocycles. The van der Waals surface area contributed by atoms with E-state index in [2.05, 4.69) is 190 Å². The third kappa shape index (κ3) is 7.35. The van der Waals surface area contributed by atoms with Gasteiger partial charge in [0.1, 0.15) is 5.75 Å². The van der Waals surface area contributed by atoms with Crippen molar-refractivity contribution in [1.29, 1.82) is 0 Å². The van der Waals surface area contributed by atoms with E-state index < -0.39 is 5.97 Å². The van der Waals surface area contributed by atoms with E-state index in [0.29, 0.717) is 12.2 Å². The van der Waals surface area contributed by atoms with Crippen molar-refractivity contribution >= 4 is 73.1 Å². The van der Waals surface area contributed by atoms with Crippen LogP contribution in [0.5, 0.6) is 5.75 Å². The number of carboxylic acid groups (broad SMARTS) is 1. The van der Waals surface area contributed by atoms with Crippen LogP contribution in [0.3, 0.4) is 0 Å². The highest BCUT2D eigenvalue weighted by molar-refractivity contribution is 6.12. The molecule has 69 heavy (non-hydrogen) atoms. The molecule has 10 aromatic carbocycles. The molecule has 0 bridgehead atoms. The van der Waals surface area contributed by atoms with Crippen LogP contribution in [-0.4, -0.2) is 26.7 Å². The van der Waals surface area contributed by atoms with Crippen LogP contribution in [0.25, 0.3) is 88.4 Å². The van der Waals surface area contributed by atoms with E-state index >= 15 is 0 Å². The first-order valence-electron chi connectivity index (χ1n) is 22.8. The number of para-hydroxylation sites is 2. The van der Waals surface area contributed by atoms with Crippen LogP contribution >= 0.6 is 0 Å². The van der Waals surface area contributed by atoms with Crippen LogP contribution in [0.4, 0.5) is 17.1 Å². The van der Waals surface area contributed by atoms with E-state index in [1.807, 2.05) is 36.4 Å². The number of hydrogen-bond acceptors (Lipinski definition) is 4. The van der Waals surface area contributed by atoms with Gasteiger partial charge in [-0.3, -0.25) is 4.79 Å². The second-order valence-corrected chi connectivity index (χ2v) is 17.1. The molecule has 0 aliphatic rings. The minimum Gasteiger partial charge on any atom is -0.478 e. The van der Waals surface area contributed by atoms with Gasteiger partial charge in [0.15, 0.2) is 0 Å². The molecule has 0 unspecified atom stereocenters. The quantitative estimate of drug-likeness (QED) is 0.131. The fraction of sp³-hybridized carbons (Fsp3) is 0. The van der Waals surface area contributed by atoms with Crippen LogP contribution in [0.1, 0.15) is 10.4 Å². The van der Waals surface area contributed by atoms with Crippen LogP contribution in [0.2, 0.25) is 0 Å². The van der Waals surface area contributed by atoms with Crippen molar-refractivity contribution in [2.75, 3.05) is 4.90 Å². The Kier molecular flexibility index (Phi) is 10.1. The van der Waals surface area contributed by atoms with Crippen LogP contribution in [-0.2, 0) is 4.79 Å². The molecule has 0 aliphatic heterocycles. The Morgan fingerprint density at radius 2 is 0.768 bits per heavy atom. The largest absolute Gasteiger partial charge is 0.478 e. The maximum Gasteiger partial charge on any atom is 0.335 e. The van der Waals surface area contributed by atoms with Gasteiger partial charge >= 0.3 is 5.97 Å². The summed E-state index contributed by atoms with van der Waals surface area (Å²) in [7, 11) is 0. The van der Waals surface area contributed by atoms with Crippen molar-refractivity contribution in [2.45, 2.75) is 0 Å². The zero-order chi connectivity index (χ0) is 46.4. The van der Waals surface area contributed by atoms with Crippen molar-refractivity contribution in [2.24, 2.45) is 0 Å². The number of anilines is 3. The fourth-order valence-electron chi connectivity index (χ4n) is 9.83. The maximum absolute atomic E-state index is 11.8. The molecule has 0 spiro atoms. The molecule has 0 amide bonds. The van der Waals surface area contributed by atoms with Crippen LogP contribution in [0.15, 0.2) is 237 Å². The van der Waals surface area contributed by atoms with E-state index in [1.165, 1.54) is 16.7 Å². The number of benzene rings is 10. The molecule has 12 rings (SSSR count). The highest BCUT2D eigenvalue weighted by atomic mass is 16.5. The van der Waals surface area contributed by atoms with Gasteiger partial charge in [-0.05, 0) is 143 Å². The van der Waals surface area contributed by atoms with Crippen molar-refractivity contribution < 1.29 is 19.4 Å². The Bertz CT molecular complexity index is 3870. The van der Waals surface area contributed by atoms with E-state index in [1.54, 1.807) is 24.3 Å². The lowest BCUT2D eigenvalue weighted by Crippen LogP contribution is -2.10. The summed E-state index contributed by atoms with van der Waals surface area (Å²) in [5.41, 5.74) is 16.2. The van der Waals surface area contributed by atoms with Gasteiger partial charge in [-0.25, -0.2) is 4.79 Å². The van der Waals surface area contributed by atoms with Crippen molar-refractivity contribution in [1.82, 2.24) is 9.13 Å². The first-order valence-corrected chi connectivity index (χ1v) is 22.8. The lowest BCUT2D eigenvalue weighted by Gasteiger charge is -2.26. The molecule has 0 fully saturated rings. The molecule has 0 saturated heterocycles. The number of aromatic carboxylic acids is 1. The van der Waals surface area contributed by atoms with Crippen LogP contribution < -0.4 is 9.64 Å². The second-order valence-electron chi connectivity index (χ2n) is 17.1. The Hall–Kier alpha value is -9.46. The van der Waals surface area contributed by atoms with Crippen molar-refractivity contribution in [3.8, 4) is 50.5 Å². The SMILES string of the molecule is O=COc1ccc(-n2c3ccccc3c3cc(N(c4ccc(-c5ccc(-c6ccc(-c7ccccc7)cc6)cc5)cc4)c4ccc5c(c4)c4ccccc4n5-c4ccc(C(=O)O)cc4)ccc32)cc1. The van der Waals surface area contributed by atoms with E-state index in [9.17, 15) is 14.7 Å². The summed E-state index contributed by atoms with van der Waals surface area (Å²) in [5.74, 6) is -0.472. The third-order valence-corrected chi connectivity index (χ3v) is 13.1. The molecule has 0 atom stereocenters. The topological polar surface area (TPSA) is 76.7 Å². The van der Waals surface area contributed by atoms with Crippen molar-refractivity contribution in [3.05, 3.63) is 242 Å². The van der Waals surface area contributed by atoms with Gasteiger partial charge < -0.3 is 23.9 Å². The Balaban J connectivity index is 0.965. The summed E-state index contributed by atoms with van der Waals surface area (Å²) in [6, 6.07) is 81.3. The van der Waals surface area contributed by atoms with Gasteiger partial charge in [-0.1, -0.05) is 127 Å². The smallest absolute Gasteiger partial charge is 0.335 e. The predicted octanol–water partition coefficient (Wildman–Crippen LogP) is 15.6. The monoisotopic (exact) mass is 891 g/mol. The van der Waals surface area contributed by atoms with Gasteiger partial charge in [0.2, 0.25) is 0 Å². The number of aromatic nitrogens is 2. The minimum atomic E-state index is -0.955. The van der Waals surface area contributed by atoms with Gasteiger partial charge in [-0.15, -0.1) is 0 Å². The van der Waals surface area contributed by atoms with E-state index in [-0.39, 0.29) is 5.56 Å². The molecule has 0 radical (unpaired) electrons. The second kappa shape index (κ2) is 17.1. The third-order valence-electron chi connectivity index (χ3n) is 13.1. The zero-order valence-electron chi connectivity index (χ0n) is 37.1. The van der Waals surface area contributed by atoms with Gasteiger partial charge in [0.25, 0.3) is 6.47 Å². The van der Waals surface area contributed by atoms with Gasteiger partial charge in [0.05, 0.1) is 27.6 Å². The lowest BCUT2D eigenvalue weighted by molar-refractivity contribution is -0.120. The highest BCUT2D eigenvalue weighted by Crippen LogP contribution is 2.43. The molecule has 2 heterocycles. The van der Waals surface area contributed by atoms with Gasteiger partial charge in [0, 0.05) is 50.0 Å². The summed E-state index contributed by atoms with van der Waals surface area (Å²) < 4.78 is 9.56. The summed E-state index contributed by atoms with van der Waals surface area (Å²) in [5, 5.41) is 14.0. The first kappa shape index (κ1) is 41.0. The van der Waals surface area contributed by atoms with Crippen LogP contribution in [0, 0.1) is 0 Å². The Labute approximate surface area is 397 Å². The molecule has 7 nitrogen and oxygen atoms in total. The standard InChI is InChI=1S/C62H41N3O4/c66-40-69-53-34-30-50(31-35-53)65-59-13-7-5-11-55(59)57-39-52(33-37-61(57)65)63(51-32-36-60-56(38-51)54-10-4-6-12-58(54)64(60)49-28-24-47(25-29-49)62(67)68)48-26-22-46(23-27-48)45-20-18-44(19-21-45)43-16-14-42(15-17-43)41-8-2-1-3-9-41/h1-40H,(H,67,68). The number of carbonyl (C=O) groups is 2. The number of nitrogens with zero attached hydrogens (tertiary/aromatic N) is 3. The normalized spacial score (nSPS) is 11.4. The number of carbonyl (C=O) groups excluding carboxylic acids is 1. The molecular weight excluding hydrogens is 851 g/mol. The molecule has 2 aromatic heterocycles. The summed E-state index contributed by atoms with van der Waals surface area (Å²) >= 11 is 0. The number of fused-ring (bicyclic) bond motifs is 6. The molecule has 12 aromatic rings. The Morgan fingerprint density at radius 1 is 0.391 bits per heavy atom. The molecule has 328 valence electrons. The number of ether oxygens (including phenoxy) is 1. The summed E-state index contributed by atoms with van der Waals surface area (Å²) in [6.07, 6.45) is 0. The molecule has 7 heteroatoms. The Morgan fingerprint density at radius 3 is 1.22 bits per heavy atom. The lowest BCUT2D eigenvalue weighted by atomic mass is 9.98. The highest BCUT2D eigenvalue weighted by Gasteiger charge is 2.20. The number of hydrogen-bond donors (Lipinski definition) is 1. The minimum absolute atomic E-state index is 0.243. The number of rotatable bonds is 11. The molecule has 0 saturated carbocycles. The summed E-state index contributed by atoms with van der Waals surface area (Å²) in [4.78, 5) is 25.1. The molecule has 1 N–H and O–H groups in total. The van der Waals surface area contributed by atoms with E-state index in [0.717, 1.165) is 88.7 Å². The fourth-order valence-corrected chi connectivity index (χ4v) is 9.83. The maximum atomic E-state index is 11.8. The first-order chi connectivity index (χ1) is 34.0. The average molecular weight is 892 g/mol. The zero-order valence-corrected chi connectivity index (χ0v) is 37.1. The molecular formula is C62H41N3O4. The van der Waals surface area contributed by atoms with Crippen molar-refractivity contribution in [3.63, 3.8) is 0 Å².